The molecule has 4 nitrogen and oxygen atoms in total. The molecule has 0 heterocycles. The van der Waals surface area contributed by atoms with Crippen LogP contribution in [0, 0.1) is 5.82 Å². The summed E-state index contributed by atoms with van der Waals surface area (Å²) in [4.78, 5) is 0. The third-order valence-electron chi connectivity index (χ3n) is 5.47. The molecule has 0 aliphatic heterocycles. The first-order valence-electron chi connectivity index (χ1n) is 9.99. The summed E-state index contributed by atoms with van der Waals surface area (Å²) >= 11 is 0. The zero-order chi connectivity index (χ0) is 24.2. The van der Waals surface area contributed by atoms with Crippen LogP contribution in [0.15, 0.2) is 60.7 Å². The summed E-state index contributed by atoms with van der Waals surface area (Å²) in [5.74, 6) is -2.83. The Morgan fingerprint density at radius 3 is 1.58 bits per heavy atom. The Kier molecular flexibility index (Phi) is 7.36. The van der Waals surface area contributed by atoms with Gasteiger partial charge in [-0.1, -0.05) is 24.3 Å². The smallest absolute Gasteiger partial charge is 0.396 e. The highest BCUT2D eigenvalue weighted by molar-refractivity contribution is 5.52. The van der Waals surface area contributed by atoms with E-state index in [9.17, 15) is 17.6 Å². The van der Waals surface area contributed by atoms with Gasteiger partial charge in [-0.15, -0.1) is 0 Å². The molecule has 3 aromatic rings. The summed E-state index contributed by atoms with van der Waals surface area (Å²) in [7, 11) is 5.54. The molecule has 3 aromatic carbocycles. The van der Waals surface area contributed by atoms with Crippen LogP contribution in [-0.2, 0) is 0 Å². The number of halogens is 4. The summed E-state index contributed by atoms with van der Waals surface area (Å²) in [6.07, 6.45) is -4.69. The normalized spacial score (nSPS) is 13.2. The Bertz CT molecular complexity index is 1080. The maximum absolute atomic E-state index is 14.8. The van der Waals surface area contributed by atoms with Gasteiger partial charge in [-0.25, -0.2) is 4.39 Å². The van der Waals surface area contributed by atoms with Crippen molar-refractivity contribution in [3.63, 3.8) is 0 Å². The van der Waals surface area contributed by atoms with Crippen molar-refractivity contribution >= 4 is 0 Å². The average molecular weight is 464 g/mol. The van der Waals surface area contributed by atoms with Crippen molar-refractivity contribution in [1.82, 2.24) is 0 Å². The van der Waals surface area contributed by atoms with Crippen LogP contribution >= 0.6 is 0 Å². The molecular weight excluding hydrogens is 440 g/mol. The van der Waals surface area contributed by atoms with Gasteiger partial charge in [0.15, 0.2) is 0 Å². The maximum atomic E-state index is 14.8. The molecule has 8 heteroatoms. The van der Waals surface area contributed by atoms with Crippen molar-refractivity contribution in [2.24, 2.45) is 0 Å². The van der Waals surface area contributed by atoms with E-state index in [0.717, 1.165) is 12.1 Å². The van der Waals surface area contributed by atoms with Gasteiger partial charge in [0.1, 0.15) is 28.8 Å². The first-order chi connectivity index (χ1) is 15.7. The van der Waals surface area contributed by atoms with Crippen LogP contribution in [0.1, 0.15) is 28.5 Å². The number of hydrogen-bond donors (Lipinski definition) is 0. The molecule has 0 bridgehead atoms. The highest BCUT2D eigenvalue weighted by Crippen LogP contribution is 2.52. The molecular formula is C25H24F4O4. The quantitative estimate of drug-likeness (QED) is 0.365. The number of methoxy groups -OCH3 is 4. The van der Waals surface area contributed by atoms with E-state index in [1.165, 1.54) is 70.9 Å². The van der Waals surface area contributed by atoms with Crippen LogP contribution in [0.2, 0.25) is 0 Å². The lowest BCUT2D eigenvalue weighted by Gasteiger charge is -2.32. The second kappa shape index (κ2) is 10.0. The summed E-state index contributed by atoms with van der Waals surface area (Å²) in [5, 5.41) is 0. The first-order valence-corrected chi connectivity index (χ1v) is 9.99. The molecule has 2 atom stereocenters. The van der Waals surface area contributed by atoms with Gasteiger partial charge in [-0.2, -0.15) is 13.2 Å². The Morgan fingerprint density at radius 2 is 1.12 bits per heavy atom. The highest BCUT2D eigenvalue weighted by Gasteiger charge is 2.49. The maximum Gasteiger partial charge on any atom is 0.396 e. The van der Waals surface area contributed by atoms with Crippen molar-refractivity contribution in [3.05, 3.63) is 83.2 Å². The Hall–Kier alpha value is -3.42. The van der Waals surface area contributed by atoms with E-state index in [1.807, 2.05) is 0 Å². The average Bonchev–Trinajstić information content (AvgIpc) is 2.81. The van der Waals surface area contributed by atoms with Gasteiger partial charge < -0.3 is 18.9 Å². The molecule has 33 heavy (non-hydrogen) atoms. The summed E-state index contributed by atoms with van der Waals surface area (Å²) in [5.41, 5.74) is 0.447. The SMILES string of the molecule is COc1ccc(C(c2ccc(F)cc2)C(c2ccc(OC)cc2OC)C(F)(F)F)c(OC)c1. The third kappa shape index (κ3) is 5.16. The predicted molar refractivity (Wildman–Crippen MR) is 116 cm³/mol. The summed E-state index contributed by atoms with van der Waals surface area (Å²) < 4.78 is 79.0. The Balaban J connectivity index is 2.33. The fraction of sp³-hybridized carbons (Fsp3) is 0.280. The van der Waals surface area contributed by atoms with Crippen molar-refractivity contribution in [2.75, 3.05) is 28.4 Å². The second-order valence-corrected chi connectivity index (χ2v) is 7.26. The topological polar surface area (TPSA) is 36.9 Å². The van der Waals surface area contributed by atoms with Crippen molar-refractivity contribution in [3.8, 4) is 23.0 Å². The molecule has 0 spiro atoms. The van der Waals surface area contributed by atoms with E-state index in [-0.39, 0.29) is 28.2 Å². The van der Waals surface area contributed by atoms with Crippen molar-refractivity contribution < 1.29 is 36.5 Å². The third-order valence-corrected chi connectivity index (χ3v) is 5.47. The number of rotatable bonds is 8. The van der Waals surface area contributed by atoms with Crippen LogP contribution < -0.4 is 18.9 Å². The minimum Gasteiger partial charge on any atom is -0.497 e. The van der Waals surface area contributed by atoms with Crippen LogP contribution in [-0.4, -0.2) is 34.6 Å². The van der Waals surface area contributed by atoms with Crippen LogP contribution in [0.25, 0.3) is 0 Å². The molecule has 0 N–H and O–H groups in total. The number of alkyl halides is 3. The van der Waals surface area contributed by atoms with Gasteiger partial charge in [-0.3, -0.25) is 0 Å². The van der Waals surface area contributed by atoms with Crippen molar-refractivity contribution in [2.45, 2.75) is 18.0 Å². The minimum absolute atomic E-state index is 0.0243. The first kappa shape index (κ1) is 24.2. The van der Waals surface area contributed by atoms with Gasteiger partial charge in [0.2, 0.25) is 0 Å². The zero-order valence-electron chi connectivity index (χ0n) is 18.6. The monoisotopic (exact) mass is 464 g/mol. The summed E-state index contributed by atoms with van der Waals surface area (Å²) in [6.45, 7) is 0. The fourth-order valence-electron chi connectivity index (χ4n) is 3.92. The van der Waals surface area contributed by atoms with Gasteiger partial charge in [0, 0.05) is 29.2 Å². The van der Waals surface area contributed by atoms with E-state index in [4.69, 9.17) is 18.9 Å². The predicted octanol–water partition coefficient (Wildman–Crippen LogP) is 6.34. The molecule has 2 unspecified atom stereocenters. The molecule has 0 saturated heterocycles. The number of ether oxygens (including phenoxy) is 4. The van der Waals surface area contributed by atoms with Gasteiger partial charge in [-0.05, 0) is 29.8 Å². The molecule has 3 rings (SSSR count). The molecule has 0 amide bonds. The van der Waals surface area contributed by atoms with Crippen LogP contribution in [0.5, 0.6) is 23.0 Å². The standard InChI is InChI=1S/C25H24F4O4/c1-30-17-9-11-19(21(13-17)32-3)23(15-5-7-16(26)8-6-15)24(25(27,28)29)20-12-10-18(31-2)14-22(20)33-4/h5-14,23-24H,1-4H3. The lowest BCUT2D eigenvalue weighted by Crippen LogP contribution is -2.28. The fourth-order valence-corrected chi connectivity index (χ4v) is 3.92. The lowest BCUT2D eigenvalue weighted by molar-refractivity contribution is -0.154. The minimum atomic E-state index is -4.69. The molecule has 0 radical (unpaired) electrons. The van der Waals surface area contributed by atoms with Gasteiger partial charge >= 0.3 is 6.18 Å². The van der Waals surface area contributed by atoms with E-state index in [0.29, 0.717) is 11.5 Å². The second-order valence-electron chi connectivity index (χ2n) is 7.26. The van der Waals surface area contributed by atoms with Crippen molar-refractivity contribution in [1.29, 1.82) is 0 Å². The molecule has 0 aliphatic carbocycles. The highest BCUT2D eigenvalue weighted by atomic mass is 19.4. The Morgan fingerprint density at radius 1 is 0.636 bits per heavy atom. The molecule has 0 fully saturated rings. The lowest BCUT2D eigenvalue weighted by atomic mass is 9.76. The van der Waals surface area contributed by atoms with E-state index < -0.39 is 23.8 Å². The van der Waals surface area contributed by atoms with E-state index in [2.05, 4.69) is 0 Å². The largest absolute Gasteiger partial charge is 0.497 e. The zero-order valence-corrected chi connectivity index (χ0v) is 18.6. The molecule has 176 valence electrons. The Labute approximate surface area is 189 Å². The van der Waals surface area contributed by atoms with Gasteiger partial charge in [0.05, 0.1) is 34.4 Å². The van der Waals surface area contributed by atoms with Crippen LogP contribution in [0.3, 0.4) is 0 Å². The molecule has 0 saturated carbocycles. The number of hydrogen-bond acceptors (Lipinski definition) is 4. The summed E-state index contributed by atoms with van der Waals surface area (Å²) in [6, 6.07) is 13.8. The van der Waals surface area contributed by atoms with Gasteiger partial charge in [0.25, 0.3) is 0 Å². The van der Waals surface area contributed by atoms with E-state index in [1.54, 1.807) is 6.07 Å². The molecule has 0 aromatic heterocycles. The number of benzene rings is 3. The van der Waals surface area contributed by atoms with Crippen LogP contribution in [0.4, 0.5) is 17.6 Å². The molecule has 0 aliphatic rings. The van der Waals surface area contributed by atoms with E-state index >= 15 is 0 Å².